The number of carbonyl (C=O) groups is 1. The number of benzene rings is 1. The summed E-state index contributed by atoms with van der Waals surface area (Å²) in [5.74, 6) is -0.0513. The Morgan fingerprint density at radius 2 is 2.00 bits per heavy atom. The van der Waals surface area contributed by atoms with Gasteiger partial charge in [0.25, 0.3) is 5.56 Å². The van der Waals surface area contributed by atoms with Crippen LogP contribution in [0.25, 0.3) is 0 Å². The van der Waals surface area contributed by atoms with Crippen molar-refractivity contribution < 1.29 is 14.3 Å². The van der Waals surface area contributed by atoms with E-state index >= 15 is 0 Å². The first-order valence-corrected chi connectivity index (χ1v) is 9.09. The van der Waals surface area contributed by atoms with Crippen molar-refractivity contribution in [1.29, 1.82) is 0 Å². The number of nitrogens with zero attached hydrogens (tertiary/aromatic N) is 1. The van der Waals surface area contributed by atoms with Gasteiger partial charge in [-0.15, -0.1) is 0 Å². The molecule has 2 aliphatic heterocycles. The topological polar surface area (TPSA) is 102 Å². The summed E-state index contributed by atoms with van der Waals surface area (Å²) >= 11 is 0. The van der Waals surface area contributed by atoms with Crippen LogP contribution < -0.4 is 21.3 Å². The van der Waals surface area contributed by atoms with Gasteiger partial charge in [-0.2, -0.15) is 0 Å². The molecule has 4 rings (SSSR count). The Morgan fingerprint density at radius 1 is 1.25 bits per heavy atom. The number of hydrogen-bond donors (Lipinski definition) is 2. The number of rotatable bonds is 4. The van der Waals surface area contributed by atoms with E-state index in [0.717, 1.165) is 0 Å². The van der Waals surface area contributed by atoms with E-state index in [1.165, 1.54) is 11.7 Å². The summed E-state index contributed by atoms with van der Waals surface area (Å²) in [5.41, 5.74) is 0.891. The largest absolute Gasteiger partial charge is 0.496 e. The van der Waals surface area contributed by atoms with E-state index in [1.54, 1.807) is 6.07 Å². The van der Waals surface area contributed by atoms with Crippen molar-refractivity contribution in [3.63, 3.8) is 0 Å². The standard InChI is InChI=1S/C20H21N3O5/c1-10(2)8-23-17-16(18(24)22-20(23)26)14(11-6-4-5-7-13(11)27-3)15-12(21-17)9-28-19(15)25/h4-7,10,14,21H,8-9H2,1-3H3,(H,22,24,26)/t14-/m1/s1. The number of nitrogens with one attached hydrogen (secondary N) is 2. The van der Waals surface area contributed by atoms with Crippen LogP contribution in [0.2, 0.25) is 0 Å². The molecular weight excluding hydrogens is 362 g/mol. The molecule has 8 heteroatoms. The summed E-state index contributed by atoms with van der Waals surface area (Å²) in [4.78, 5) is 40.3. The molecule has 0 amide bonds. The smallest absolute Gasteiger partial charge is 0.337 e. The lowest BCUT2D eigenvalue weighted by atomic mass is 9.82. The highest BCUT2D eigenvalue weighted by molar-refractivity contribution is 5.97. The number of fused-ring (bicyclic) bond motifs is 1. The SMILES string of the molecule is COc1ccccc1[C@@H]1C2=C(COC2=O)Nc2c1c(=O)[nH]c(=O)n2CC(C)C. The van der Waals surface area contributed by atoms with Crippen LogP contribution in [0.15, 0.2) is 45.1 Å². The molecule has 1 aromatic carbocycles. The van der Waals surface area contributed by atoms with E-state index in [-0.39, 0.29) is 12.5 Å². The van der Waals surface area contributed by atoms with Gasteiger partial charge in [0.05, 0.1) is 29.9 Å². The molecule has 2 aliphatic rings. The molecule has 8 nitrogen and oxygen atoms in total. The first kappa shape index (κ1) is 18.1. The number of aromatic nitrogens is 2. The van der Waals surface area contributed by atoms with Crippen LogP contribution in [0.3, 0.4) is 0 Å². The third kappa shape index (κ3) is 2.72. The van der Waals surface area contributed by atoms with Crippen LogP contribution in [0.1, 0.15) is 30.9 Å². The van der Waals surface area contributed by atoms with Crippen LogP contribution >= 0.6 is 0 Å². The highest BCUT2D eigenvalue weighted by Crippen LogP contribution is 2.44. The summed E-state index contributed by atoms with van der Waals surface area (Å²) in [6, 6.07) is 7.22. The third-order valence-corrected chi connectivity index (χ3v) is 4.97. The van der Waals surface area contributed by atoms with Gasteiger partial charge < -0.3 is 14.8 Å². The van der Waals surface area contributed by atoms with Gasteiger partial charge in [0.15, 0.2) is 0 Å². The zero-order valence-corrected chi connectivity index (χ0v) is 15.9. The van der Waals surface area contributed by atoms with Gasteiger partial charge in [-0.1, -0.05) is 32.0 Å². The van der Waals surface area contributed by atoms with Crippen LogP contribution in [0.4, 0.5) is 5.82 Å². The fourth-order valence-corrected chi connectivity index (χ4v) is 3.84. The molecule has 1 atom stereocenters. The minimum absolute atomic E-state index is 0.0714. The van der Waals surface area contributed by atoms with E-state index in [9.17, 15) is 14.4 Å². The van der Waals surface area contributed by atoms with Gasteiger partial charge in [0.2, 0.25) is 0 Å². The second-order valence-corrected chi connectivity index (χ2v) is 7.29. The minimum Gasteiger partial charge on any atom is -0.496 e. The molecular formula is C20H21N3O5. The quantitative estimate of drug-likeness (QED) is 0.777. The Morgan fingerprint density at radius 3 is 2.71 bits per heavy atom. The molecule has 3 heterocycles. The van der Waals surface area contributed by atoms with Crippen molar-refractivity contribution in [2.24, 2.45) is 5.92 Å². The lowest BCUT2D eigenvalue weighted by molar-refractivity contribution is -0.136. The molecule has 1 aromatic heterocycles. The number of H-pyrrole nitrogens is 1. The molecule has 146 valence electrons. The number of hydrogen-bond acceptors (Lipinski definition) is 6. The van der Waals surface area contributed by atoms with Gasteiger partial charge in [-0.05, 0) is 12.0 Å². The molecule has 0 saturated heterocycles. The number of para-hydroxylation sites is 1. The predicted molar refractivity (Wildman–Crippen MR) is 103 cm³/mol. The average Bonchev–Trinajstić information content (AvgIpc) is 3.04. The van der Waals surface area contributed by atoms with E-state index in [4.69, 9.17) is 9.47 Å². The molecule has 2 aromatic rings. The number of carbonyl (C=O) groups excluding carboxylic acids is 1. The Bertz CT molecular complexity index is 1110. The lowest BCUT2D eigenvalue weighted by Gasteiger charge is -2.29. The molecule has 0 bridgehead atoms. The maximum Gasteiger partial charge on any atom is 0.337 e. The second-order valence-electron chi connectivity index (χ2n) is 7.29. The Kier molecular flexibility index (Phi) is 4.33. The van der Waals surface area contributed by atoms with Gasteiger partial charge in [-0.3, -0.25) is 14.3 Å². The maximum absolute atomic E-state index is 12.9. The van der Waals surface area contributed by atoms with E-state index in [1.807, 2.05) is 32.0 Å². The number of methoxy groups -OCH3 is 1. The summed E-state index contributed by atoms with van der Waals surface area (Å²) in [5, 5.41) is 3.12. The van der Waals surface area contributed by atoms with E-state index < -0.39 is 23.1 Å². The van der Waals surface area contributed by atoms with Crippen LogP contribution in [-0.4, -0.2) is 29.2 Å². The Labute approximate surface area is 160 Å². The summed E-state index contributed by atoms with van der Waals surface area (Å²) in [6.07, 6.45) is 0. The van der Waals surface area contributed by atoms with Crippen molar-refractivity contribution in [2.75, 3.05) is 19.0 Å². The minimum atomic E-state index is -0.694. The Hall–Kier alpha value is -3.29. The fourth-order valence-electron chi connectivity index (χ4n) is 3.84. The van der Waals surface area contributed by atoms with Crippen LogP contribution in [0.5, 0.6) is 5.75 Å². The van der Waals surface area contributed by atoms with Gasteiger partial charge in [0, 0.05) is 12.1 Å². The van der Waals surface area contributed by atoms with Crippen molar-refractivity contribution in [3.05, 3.63) is 67.5 Å². The number of ether oxygens (including phenoxy) is 2. The van der Waals surface area contributed by atoms with Crippen LogP contribution in [-0.2, 0) is 16.1 Å². The number of esters is 1. The van der Waals surface area contributed by atoms with Gasteiger partial charge >= 0.3 is 11.7 Å². The van der Waals surface area contributed by atoms with Crippen molar-refractivity contribution in [2.45, 2.75) is 26.3 Å². The molecule has 0 radical (unpaired) electrons. The van der Waals surface area contributed by atoms with E-state index in [2.05, 4.69) is 10.3 Å². The second kappa shape index (κ2) is 6.70. The highest BCUT2D eigenvalue weighted by Gasteiger charge is 2.42. The first-order valence-electron chi connectivity index (χ1n) is 9.09. The maximum atomic E-state index is 12.9. The summed E-state index contributed by atoms with van der Waals surface area (Å²) < 4.78 is 12.2. The zero-order valence-electron chi connectivity index (χ0n) is 15.9. The van der Waals surface area contributed by atoms with Crippen LogP contribution in [0, 0.1) is 5.92 Å². The average molecular weight is 383 g/mol. The first-order chi connectivity index (χ1) is 13.4. The van der Waals surface area contributed by atoms with Gasteiger partial charge in [-0.25, -0.2) is 9.59 Å². The van der Waals surface area contributed by atoms with Gasteiger partial charge in [0.1, 0.15) is 18.2 Å². The Balaban J connectivity index is 2.05. The zero-order chi connectivity index (χ0) is 20.0. The molecule has 0 fully saturated rings. The van der Waals surface area contributed by atoms with E-state index in [0.29, 0.717) is 40.5 Å². The monoisotopic (exact) mass is 383 g/mol. The third-order valence-electron chi connectivity index (χ3n) is 4.97. The molecule has 28 heavy (non-hydrogen) atoms. The van der Waals surface area contributed by atoms with Crippen molar-refractivity contribution in [1.82, 2.24) is 9.55 Å². The molecule has 0 saturated carbocycles. The molecule has 0 aliphatic carbocycles. The lowest BCUT2D eigenvalue weighted by Crippen LogP contribution is -2.39. The molecule has 2 N–H and O–H groups in total. The summed E-state index contributed by atoms with van der Waals surface area (Å²) in [7, 11) is 1.53. The normalized spacial score (nSPS) is 17.9. The van der Waals surface area contributed by atoms with Crippen molar-refractivity contribution in [3.8, 4) is 5.75 Å². The molecule has 0 spiro atoms. The predicted octanol–water partition coefficient (Wildman–Crippen LogP) is 1.57. The number of cyclic esters (lactones) is 1. The molecule has 0 unspecified atom stereocenters. The number of aromatic amines is 1. The van der Waals surface area contributed by atoms with Crippen molar-refractivity contribution >= 4 is 11.8 Å². The number of anilines is 1. The highest BCUT2D eigenvalue weighted by atomic mass is 16.5. The fraction of sp³-hybridized carbons (Fsp3) is 0.350. The summed E-state index contributed by atoms with van der Waals surface area (Å²) in [6.45, 7) is 4.46.